The summed E-state index contributed by atoms with van der Waals surface area (Å²) in [5, 5.41) is 7.88. The molecule has 6 aromatic carbocycles. The highest BCUT2D eigenvalue weighted by Gasteiger charge is 2.18. The minimum absolute atomic E-state index is 0.0296. The van der Waals surface area contributed by atoms with Gasteiger partial charge in [-0.2, -0.15) is 9.59 Å². The van der Waals surface area contributed by atoms with Crippen LogP contribution in [0.15, 0.2) is 170 Å². The molecule has 3 heterocycles. The second-order valence-electron chi connectivity index (χ2n) is 16.5. The molecule has 388 valence electrons. The molecule has 0 radical (unpaired) electrons. The zero-order valence-electron chi connectivity index (χ0n) is 40.6. The van der Waals surface area contributed by atoms with Crippen LogP contribution in [0.3, 0.4) is 0 Å². The number of Topliss-reactive ketones (excluding diaryl/α,β-unsaturated/α-hetero) is 3. The summed E-state index contributed by atoms with van der Waals surface area (Å²) in [5.74, 6) is -0.289. The summed E-state index contributed by atoms with van der Waals surface area (Å²) in [7, 11) is -6.71. The molecule has 3 aromatic heterocycles. The molecule has 9 aromatic rings. The number of hydrogen-bond donors (Lipinski definition) is 0. The molecule has 0 atom stereocenters. The van der Waals surface area contributed by atoms with Gasteiger partial charge in [-0.1, -0.05) is 127 Å². The molecule has 0 N–H and O–H groups in total. The van der Waals surface area contributed by atoms with Crippen LogP contribution in [-0.2, 0) is 54.9 Å². The number of ketones is 3. The zero-order valence-corrected chi connectivity index (χ0v) is 47.0. The van der Waals surface area contributed by atoms with Gasteiger partial charge in [0.25, 0.3) is 0 Å². The van der Waals surface area contributed by atoms with E-state index in [1.807, 2.05) is 107 Å². The Labute approximate surface area is 466 Å². The van der Waals surface area contributed by atoms with E-state index in [0.29, 0.717) is 28.1 Å². The molecule has 0 saturated heterocycles. The highest BCUT2D eigenvalue weighted by atomic mass is 35.5. The first-order chi connectivity index (χ1) is 36.3. The molecule has 0 saturated carbocycles. The van der Waals surface area contributed by atoms with Gasteiger partial charge in [0.2, 0.25) is 0 Å². The van der Waals surface area contributed by atoms with Gasteiger partial charge in [0.05, 0.1) is 58.0 Å². The van der Waals surface area contributed by atoms with E-state index in [1.54, 1.807) is 40.3 Å². The van der Waals surface area contributed by atoms with E-state index in [-0.39, 0.29) is 56.2 Å². The number of aromatic nitrogens is 3. The number of thiazole rings is 3. The number of carbonyl (C=O) groups is 3. The SMILES string of the molecule is CCc1nc(-c2ccc(CC(=O)c3ccc(S(C)(=O)=O)cc3Cl)cc2)cs1.CS(=O)(=O)c1ccc(C(=O)Cc2ccc(-c3cscn3)cc2)c(Cl)c1.O=C(Cc1ccc(-c2cscn2)cc1)c1ccccc1Cl.O=C=O. The fourth-order valence-corrected chi connectivity index (χ4v) is 11.2. The fraction of sp³-hybridized carbons (Fsp3) is 0.125. The van der Waals surface area contributed by atoms with Gasteiger partial charge in [-0.25, -0.2) is 31.8 Å². The Morgan fingerprint density at radius 3 is 1.18 bits per heavy atom. The average Bonchev–Trinajstić information content (AvgIpc) is 4.23. The van der Waals surface area contributed by atoms with Gasteiger partial charge in [0, 0.05) is 81.3 Å². The van der Waals surface area contributed by atoms with Crippen molar-refractivity contribution in [3.8, 4) is 33.8 Å². The summed E-state index contributed by atoms with van der Waals surface area (Å²) < 4.78 is 46.2. The van der Waals surface area contributed by atoms with Gasteiger partial charge in [-0.05, 0) is 71.6 Å². The topological polar surface area (TPSA) is 192 Å². The Hall–Kier alpha value is -6.63. The molecule has 20 heteroatoms. The highest BCUT2D eigenvalue weighted by Crippen LogP contribution is 2.28. The third-order valence-electron chi connectivity index (χ3n) is 11.1. The molecule has 12 nitrogen and oxygen atoms in total. The molecular weight excluding hydrogens is 1130 g/mol. The molecule has 0 aliphatic heterocycles. The second-order valence-corrected chi connectivity index (χ2v) is 24.1. The predicted octanol–water partition coefficient (Wildman–Crippen LogP) is 13.5. The van der Waals surface area contributed by atoms with Crippen molar-refractivity contribution in [3.63, 3.8) is 0 Å². The Bertz CT molecular complexity index is 3710. The summed E-state index contributed by atoms with van der Waals surface area (Å²) in [6.45, 7) is 2.07. The number of halogens is 3. The highest BCUT2D eigenvalue weighted by molar-refractivity contribution is 7.91. The number of carbonyl (C=O) groups excluding carboxylic acids is 5. The van der Waals surface area contributed by atoms with Crippen molar-refractivity contribution in [2.45, 2.75) is 42.4 Å². The number of rotatable bonds is 15. The summed E-state index contributed by atoms with van der Waals surface area (Å²) in [6.07, 6.45) is 4.10. The number of benzene rings is 6. The predicted molar refractivity (Wildman–Crippen MR) is 302 cm³/mol. The average molecular weight is 1170 g/mol. The molecular formula is C56H44Cl3N3O9S5. The van der Waals surface area contributed by atoms with Crippen LogP contribution in [0.25, 0.3) is 33.8 Å². The van der Waals surface area contributed by atoms with Crippen LogP contribution in [0.5, 0.6) is 0 Å². The van der Waals surface area contributed by atoms with Crippen LogP contribution >= 0.6 is 68.8 Å². The van der Waals surface area contributed by atoms with Crippen LogP contribution in [0.1, 0.15) is 59.7 Å². The largest absolute Gasteiger partial charge is 0.373 e. The van der Waals surface area contributed by atoms with E-state index in [1.165, 1.54) is 47.7 Å². The first kappa shape index (κ1) is 58.6. The summed E-state index contributed by atoms with van der Waals surface area (Å²) in [4.78, 5) is 66.8. The molecule has 9 rings (SSSR count). The van der Waals surface area contributed by atoms with Gasteiger partial charge in [0.1, 0.15) is 0 Å². The van der Waals surface area contributed by atoms with Crippen LogP contribution in [-0.4, -0.2) is 67.8 Å². The molecule has 0 unspecified atom stereocenters. The van der Waals surface area contributed by atoms with Gasteiger partial charge in [-0.3, -0.25) is 14.4 Å². The fourth-order valence-electron chi connectivity index (χ4n) is 7.13. The Balaban J connectivity index is 0.000000181. The Morgan fingerprint density at radius 2 is 0.868 bits per heavy atom. The van der Waals surface area contributed by atoms with Crippen LogP contribution in [0.2, 0.25) is 15.1 Å². The molecule has 0 fully saturated rings. The number of aryl methyl sites for hydroxylation is 1. The number of hydrogen-bond acceptors (Lipinski definition) is 15. The summed E-state index contributed by atoms with van der Waals surface area (Å²) >= 11 is 23.0. The van der Waals surface area contributed by atoms with Crippen LogP contribution in [0.4, 0.5) is 0 Å². The lowest BCUT2D eigenvalue weighted by Gasteiger charge is -2.07. The van der Waals surface area contributed by atoms with Gasteiger partial charge in [0.15, 0.2) is 37.0 Å². The summed E-state index contributed by atoms with van der Waals surface area (Å²) in [6, 6.07) is 38.7. The smallest absolute Gasteiger partial charge is 0.294 e. The molecule has 0 aliphatic carbocycles. The molecule has 76 heavy (non-hydrogen) atoms. The quantitative estimate of drug-likeness (QED) is 0.0883. The van der Waals surface area contributed by atoms with Crippen LogP contribution < -0.4 is 0 Å². The van der Waals surface area contributed by atoms with Crippen LogP contribution in [0, 0.1) is 0 Å². The van der Waals surface area contributed by atoms with E-state index < -0.39 is 19.7 Å². The summed E-state index contributed by atoms with van der Waals surface area (Å²) in [5.41, 5.74) is 13.3. The van der Waals surface area contributed by atoms with Crippen molar-refractivity contribution >= 4 is 112 Å². The van der Waals surface area contributed by atoms with Gasteiger partial charge in [-0.15, -0.1) is 34.0 Å². The lowest BCUT2D eigenvalue weighted by Crippen LogP contribution is -2.06. The van der Waals surface area contributed by atoms with Crippen molar-refractivity contribution in [2.24, 2.45) is 0 Å². The molecule has 0 bridgehead atoms. The van der Waals surface area contributed by atoms with Crippen molar-refractivity contribution < 1.29 is 40.8 Å². The number of sulfone groups is 2. The van der Waals surface area contributed by atoms with Gasteiger partial charge >= 0.3 is 6.15 Å². The lowest BCUT2D eigenvalue weighted by molar-refractivity contribution is -0.191. The van der Waals surface area contributed by atoms with Gasteiger partial charge < -0.3 is 0 Å². The monoisotopic (exact) mass is 1170 g/mol. The van der Waals surface area contributed by atoms with Crippen molar-refractivity contribution in [3.05, 3.63) is 214 Å². The molecule has 0 aliphatic rings. The standard InChI is InChI=1S/C20H18ClNO3S2.C18H14ClNO3S2.C17H12ClNOS.CO2/c1-3-20-22-18(12-26-20)14-6-4-13(5-7-14)10-19(23)16-9-8-15(11-17(16)21)27(2,24)25;1-25(22,23)14-6-7-15(16(19)9-14)18(21)8-12-2-4-13(5-3-12)17-10-24-11-20-17;18-15-4-2-1-3-14(15)17(20)9-12-5-7-13(8-6-12)16-10-21-11-19-16;2-1-3/h4-9,11-12H,3,10H2,1-2H3;2-7,9-11H,8H2,1H3;1-8,10-11H,9H2;. The Kier molecular flexibility index (Phi) is 21.2. The van der Waals surface area contributed by atoms with E-state index in [9.17, 15) is 31.2 Å². The van der Waals surface area contributed by atoms with Crippen molar-refractivity contribution in [2.75, 3.05) is 12.5 Å². The van der Waals surface area contributed by atoms with E-state index >= 15 is 0 Å². The van der Waals surface area contributed by atoms with E-state index in [0.717, 1.165) is 74.4 Å². The Morgan fingerprint density at radius 1 is 0.500 bits per heavy atom. The third kappa shape index (κ3) is 16.7. The normalized spacial score (nSPS) is 10.9. The first-order valence-corrected chi connectivity index (χ1v) is 30.3. The van der Waals surface area contributed by atoms with Crippen molar-refractivity contribution in [1.29, 1.82) is 0 Å². The molecule has 0 spiro atoms. The van der Waals surface area contributed by atoms with E-state index in [4.69, 9.17) is 44.4 Å². The lowest BCUT2D eigenvalue weighted by atomic mass is 10.0. The zero-order chi connectivity index (χ0) is 55.0. The number of nitrogens with zero attached hydrogens (tertiary/aromatic N) is 3. The van der Waals surface area contributed by atoms with Crippen molar-refractivity contribution in [1.82, 2.24) is 15.0 Å². The second kappa shape index (κ2) is 27.4. The molecule has 0 amide bonds. The minimum atomic E-state index is -3.36. The minimum Gasteiger partial charge on any atom is -0.294 e. The maximum absolute atomic E-state index is 12.5. The maximum Gasteiger partial charge on any atom is 0.373 e. The third-order valence-corrected chi connectivity index (χ3v) is 16.4. The first-order valence-electron chi connectivity index (χ1n) is 22.6. The maximum atomic E-state index is 12.5. The van der Waals surface area contributed by atoms with E-state index in [2.05, 4.69) is 21.9 Å².